The fourth-order valence-corrected chi connectivity index (χ4v) is 2.81. The lowest BCUT2D eigenvalue weighted by Gasteiger charge is -2.30. The smallest absolute Gasteiger partial charge is 0.0553 e. The first-order valence-corrected chi connectivity index (χ1v) is 7.34. The molecule has 2 N–H and O–H groups in total. The van der Waals surface area contributed by atoms with E-state index in [0.717, 1.165) is 15.6 Å². The summed E-state index contributed by atoms with van der Waals surface area (Å²) in [4.78, 5) is 4.11. The van der Waals surface area contributed by atoms with Crippen LogP contribution in [0.3, 0.4) is 0 Å². The number of hydrogen-bond acceptors (Lipinski definition) is 3. The lowest BCUT2D eigenvalue weighted by atomic mass is 9.77. The van der Waals surface area contributed by atoms with Gasteiger partial charge in [-0.05, 0) is 51.7 Å². The van der Waals surface area contributed by atoms with Crippen LogP contribution in [-0.4, -0.2) is 28.4 Å². The molecule has 20 heavy (non-hydrogen) atoms. The first-order chi connectivity index (χ1) is 9.59. The van der Waals surface area contributed by atoms with Gasteiger partial charge in [-0.1, -0.05) is 23.7 Å². The first kappa shape index (κ1) is 15.4. The molecule has 5 heteroatoms. The van der Waals surface area contributed by atoms with Crippen LogP contribution in [0.15, 0.2) is 47.2 Å². The highest BCUT2D eigenvalue weighted by molar-refractivity contribution is 9.10. The second kappa shape index (κ2) is 6.68. The van der Waals surface area contributed by atoms with E-state index in [-0.39, 0.29) is 13.2 Å². The Balaban J connectivity index is 2.39. The lowest BCUT2D eigenvalue weighted by molar-refractivity contribution is 0.116. The van der Waals surface area contributed by atoms with Gasteiger partial charge in [0.25, 0.3) is 0 Å². The highest BCUT2D eigenvalue weighted by Crippen LogP contribution is 2.30. The number of aromatic nitrogens is 1. The van der Waals surface area contributed by atoms with Gasteiger partial charge in [0.1, 0.15) is 0 Å². The second-order valence-electron chi connectivity index (χ2n) is 4.80. The topological polar surface area (TPSA) is 53.4 Å². The van der Waals surface area contributed by atoms with E-state index in [1.807, 2.05) is 18.2 Å². The van der Waals surface area contributed by atoms with Gasteiger partial charge in [0.05, 0.1) is 13.2 Å². The minimum absolute atomic E-state index is 0.170. The molecule has 1 aromatic heterocycles. The van der Waals surface area contributed by atoms with Crippen LogP contribution >= 0.6 is 27.5 Å². The number of nitrogens with zero attached hydrogens (tertiary/aromatic N) is 1. The monoisotopic (exact) mass is 355 g/mol. The van der Waals surface area contributed by atoms with Crippen LogP contribution in [0, 0.1) is 0 Å². The van der Waals surface area contributed by atoms with E-state index < -0.39 is 5.41 Å². The standard InChI is InChI=1S/C15H15BrClNO2/c16-13-4-11(7-18-8-13)6-15(9-19,10-20)12-2-1-3-14(17)5-12/h1-5,7-8,19-20H,6,9-10H2. The molecule has 0 radical (unpaired) electrons. The van der Waals surface area contributed by atoms with Crippen LogP contribution in [0.5, 0.6) is 0 Å². The Morgan fingerprint density at radius 1 is 1.15 bits per heavy atom. The normalized spacial score (nSPS) is 11.6. The van der Waals surface area contributed by atoms with Crippen LogP contribution in [0.4, 0.5) is 0 Å². The minimum Gasteiger partial charge on any atom is -0.395 e. The van der Waals surface area contributed by atoms with Crippen molar-refractivity contribution in [3.63, 3.8) is 0 Å². The highest BCUT2D eigenvalue weighted by atomic mass is 79.9. The summed E-state index contributed by atoms with van der Waals surface area (Å²) in [7, 11) is 0. The molecule has 0 aliphatic rings. The number of rotatable bonds is 5. The van der Waals surface area contributed by atoms with Gasteiger partial charge in [-0.25, -0.2) is 0 Å². The van der Waals surface area contributed by atoms with Gasteiger partial charge >= 0.3 is 0 Å². The van der Waals surface area contributed by atoms with Crippen molar-refractivity contribution in [1.82, 2.24) is 4.98 Å². The van der Waals surface area contributed by atoms with E-state index in [1.54, 1.807) is 24.5 Å². The minimum atomic E-state index is -0.770. The number of hydrogen-bond donors (Lipinski definition) is 2. The van der Waals surface area contributed by atoms with E-state index >= 15 is 0 Å². The van der Waals surface area contributed by atoms with Gasteiger partial charge in [0.15, 0.2) is 0 Å². The summed E-state index contributed by atoms with van der Waals surface area (Å²) in [6.45, 7) is -0.341. The molecule has 0 fully saturated rings. The average Bonchev–Trinajstić information content (AvgIpc) is 2.45. The Morgan fingerprint density at radius 3 is 2.50 bits per heavy atom. The zero-order valence-corrected chi connectivity index (χ0v) is 13.1. The van der Waals surface area contributed by atoms with Gasteiger partial charge in [-0.3, -0.25) is 4.98 Å². The predicted octanol–water partition coefficient (Wildman–Crippen LogP) is 2.96. The van der Waals surface area contributed by atoms with Crippen molar-refractivity contribution in [3.05, 3.63) is 63.3 Å². The molecule has 0 saturated heterocycles. The molecule has 106 valence electrons. The molecule has 0 spiro atoms. The maximum Gasteiger partial charge on any atom is 0.0553 e. The number of pyridine rings is 1. The molecule has 2 aromatic rings. The maximum absolute atomic E-state index is 9.82. The predicted molar refractivity (Wildman–Crippen MR) is 82.9 cm³/mol. The Hall–Kier alpha value is -0.940. The molecule has 0 saturated carbocycles. The molecule has 2 rings (SSSR count). The van der Waals surface area contributed by atoms with Crippen molar-refractivity contribution in [2.45, 2.75) is 11.8 Å². The third-order valence-corrected chi connectivity index (χ3v) is 4.02. The molecule has 0 aliphatic carbocycles. The fourth-order valence-electron chi connectivity index (χ4n) is 2.21. The van der Waals surface area contributed by atoms with Crippen molar-refractivity contribution in [2.75, 3.05) is 13.2 Å². The lowest BCUT2D eigenvalue weighted by Crippen LogP contribution is -2.37. The molecule has 1 aromatic carbocycles. The van der Waals surface area contributed by atoms with Crippen LogP contribution < -0.4 is 0 Å². The average molecular weight is 357 g/mol. The Labute approximate surface area is 131 Å². The van der Waals surface area contributed by atoms with Gasteiger partial charge in [-0.2, -0.15) is 0 Å². The first-order valence-electron chi connectivity index (χ1n) is 6.17. The molecule has 0 aliphatic heterocycles. The van der Waals surface area contributed by atoms with Gasteiger partial charge < -0.3 is 10.2 Å². The summed E-state index contributed by atoms with van der Waals surface area (Å²) in [5.41, 5.74) is 0.977. The molecule has 1 heterocycles. The Kier molecular flexibility index (Phi) is 5.16. The number of halogens is 2. The summed E-state index contributed by atoms with van der Waals surface area (Å²) < 4.78 is 0.867. The second-order valence-corrected chi connectivity index (χ2v) is 6.15. The highest BCUT2D eigenvalue weighted by Gasteiger charge is 2.31. The van der Waals surface area contributed by atoms with Crippen molar-refractivity contribution in [2.24, 2.45) is 0 Å². The summed E-state index contributed by atoms with van der Waals surface area (Å²) in [6.07, 6.45) is 3.91. The van der Waals surface area contributed by atoms with Crippen LogP contribution in [0.25, 0.3) is 0 Å². The summed E-state index contributed by atoms with van der Waals surface area (Å²) in [5.74, 6) is 0. The SMILES string of the molecule is OCC(CO)(Cc1cncc(Br)c1)c1cccc(Cl)c1. The third-order valence-electron chi connectivity index (χ3n) is 3.35. The molecular formula is C15H15BrClNO2. The van der Waals surface area contributed by atoms with Gasteiger partial charge in [0, 0.05) is 27.3 Å². The largest absolute Gasteiger partial charge is 0.395 e. The fraction of sp³-hybridized carbons (Fsp3) is 0.267. The molecule has 0 atom stereocenters. The van der Waals surface area contributed by atoms with E-state index in [1.165, 1.54) is 0 Å². The summed E-state index contributed by atoms with van der Waals surface area (Å²) >= 11 is 9.38. The molecule has 0 bridgehead atoms. The zero-order valence-electron chi connectivity index (χ0n) is 10.8. The van der Waals surface area contributed by atoms with Crippen LogP contribution in [-0.2, 0) is 11.8 Å². The van der Waals surface area contributed by atoms with E-state index in [4.69, 9.17) is 11.6 Å². The molecular weight excluding hydrogens is 342 g/mol. The summed E-state index contributed by atoms with van der Waals surface area (Å²) in [6, 6.07) is 9.16. The number of aliphatic hydroxyl groups is 2. The van der Waals surface area contributed by atoms with E-state index in [9.17, 15) is 10.2 Å². The molecule has 0 unspecified atom stereocenters. The maximum atomic E-state index is 9.82. The van der Waals surface area contributed by atoms with Crippen molar-refractivity contribution in [3.8, 4) is 0 Å². The number of aliphatic hydroxyl groups excluding tert-OH is 2. The third kappa shape index (κ3) is 3.38. The van der Waals surface area contributed by atoms with E-state index in [0.29, 0.717) is 11.4 Å². The van der Waals surface area contributed by atoms with Crippen LogP contribution in [0.2, 0.25) is 5.02 Å². The van der Waals surface area contributed by atoms with Crippen molar-refractivity contribution >= 4 is 27.5 Å². The van der Waals surface area contributed by atoms with Crippen molar-refractivity contribution in [1.29, 1.82) is 0 Å². The van der Waals surface area contributed by atoms with E-state index in [2.05, 4.69) is 20.9 Å². The quantitative estimate of drug-likeness (QED) is 0.866. The zero-order chi connectivity index (χ0) is 14.6. The molecule has 0 amide bonds. The Morgan fingerprint density at radius 2 is 1.90 bits per heavy atom. The van der Waals surface area contributed by atoms with Crippen LogP contribution in [0.1, 0.15) is 11.1 Å². The van der Waals surface area contributed by atoms with Crippen molar-refractivity contribution < 1.29 is 10.2 Å². The summed E-state index contributed by atoms with van der Waals surface area (Å²) in [5, 5.41) is 20.2. The Bertz CT molecular complexity index is 588. The van der Waals surface area contributed by atoms with Gasteiger partial charge in [0.2, 0.25) is 0 Å². The molecule has 3 nitrogen and oxygen atoms in total. The number of benzene rings is 1. The van der Waals surface area contributed by atoms with Gasteiger partial charge in [-0.15, -0.1) is 0 Å².